The minimum Gasteiger partial charge on any atom is -0.435 e. The van der Waals surface area contributed by atoms with E-state index in [0.29, 0.717) is 6.54 Å². The van der Waals surface area contributed by atoms with E-state index in [4.69, 9.17) is 5.11 Å². The van der Waals surface area contributed by atoms with Crippen molar-refractivity contribution in [3.63, 3.8) is 0 Å². The van der Waals surface area contributed by atoms with Gasteiger partial charge >= 0.3 is 12.6 Å². The second kappa shape index (κ2) is 8.41. The van der Waals surface area contributed by atoms with E-state index < -0.39 is 6.61 Å². The molecule has 0 aliphatic rings. The summed E-state index contributed by atoms with van der Waals surface area (Å²) in [6.45, 7) is 1.39. The van der Waals surface area contributed by atoms with Gasteiger partial charge in [-0.15, -0.1) is 0 Å². The molecule has 0 saturated heterocycles. The lowest BCUT2D eigenvalue weighted by Crippen LogP contribution is -2.42. The van der Waals surface area contributed by atoms with Crippen molar-refractivity contribution in [1.82, 2.24) is 10.2 Å². The van der Waals surface area contributed by atoms with Crippen LogP contribution in [0, 0.1) is 0 Å². The summed E-state index contributed by atoms with van der Waals surface area (Å²) in [7, 11) is 0. The van der Waals surface area contributed by atoms with Gasteiger partial charge < -0.3 is 20.1 Å². The van der Waals surface area contributed by atoms with Crippen molar-refractivity contribution in [2.75, 3.05) is 19.7 Å². The van der Waals surface area contributed by atoms with Crippen molar-refractivity contribution in [2.45, 2.75) is 26.5 Å². The van der Waals surface area contributed by atoms with Crippen LogP contribution in [-0.2, 0) is 0 Å². The van der Waals surface area contributed by atoms with Gasteiger partial charge in [-0.05, 0) is 31.5 Å². The molecule has 21 heavy (non-hydrogen) atoms. The molecule has 1 rings (SSSR count). The summed E-state index contributed by atoms with van der Waals surface area (Å²) in [5.41, 5.74) is 0.769. The number of hydrogen-bond acceptors (Lipinski definition) is 3. The number of ether oxygens (including phenoxy) is 1. The number of aliphatic hydroxyl groups is 1. The van der Waals surface area contributed by atoms with E-state index >= 15 is 0 Å². The lowest BCUT2D eigenvalue weighted by atomic mass is 10.1. The first-order chi connectivity index (χ1) is 9.97. The number of urea groups is 1. The van der Waals surface area contributed by atoms with Gasteiger partial charge in [-0.2, -0.15) is 8.78 Å². The van der Waals surface area contributed by atoms with Gasteiger partial charge in [0.1, 0.15) is 5.75 Å². The Morgan fingerprint density at radius 2 is 2.00 bits per heavy atom. The van der Waals surface area contributed by atoms with E-state index in [1.54, 1.807) is 19.1 Å². The number of halogens is 2. The number of likely N-dealkylation sites (N-methyl/N-ethyl adjacent to an activating group) is 1. The molecule has 1 aromatic rings. The molecule has 0 spiro atoms. The van der Waals surface area contributed by atoms with Crippen molar-refractivity contribution in [3.8, 4) is 5.75 Å². The molecule has 0 aliphatic heterocycles. The highest BCUT2D eigenvalue weighted by Gasteiger charge is 2.15. The number of hydrogen-bond donors (Lipinski definition) is 2. The quantitative estimate of drug-likeness (QED) is 0.813. The molecule has 0 bridgehead atoms. The average molecular weight is 302 g/mol. The smallest absolute Gasteiger partial charge is 0.387 e. The molecular formula is C14H20F2N2O3. The third-order valence-electron chi connectivity index (χ3n) is 2.98. The molecule has 0 saturated carbocycles. The monoisotopic (exact) mass is 302 g/mol. The van der Waals surface area contributed by atoms with Crippen LogP contribution in [0.1, 0.15) is 25.5 Å². The summed E-state index contributed by atoms with van der Waals surface area (Å²) in [6, 6.07) is 5.51. The highest BCUT2D eigenvalue weighted by molar-refractivity contribution is 5.74. The first kappa shape index (κ1) is 17.2. The molecule has 1 aromatic carbocycles. The van der Waals surface area contributed by atoms with Gasteiger partial charge in [0, 0.05) is 13.1 Å². The lowest BCUT2D eigenvalue weighted by molar-refractivity contribution is -0.0498. The maximum Gasteiger partial charge on any atom is 0.387 e. The van der Waals surface area contributed by atoms with E-state index in [0.717, 1.165) is 5.56 Å². The Bertz CT molecular complexity index is 440. The summed E-state index contributed by atoms with van der Waals surface area (Å²) in [6.07, 6.45) is 0. The highest BCUT2D eigenvalue weighted by atomic mass is 19.3. The molecule has 5 nitrogen and oxygen atoms in total. The molecule has 0 aromatic heterocycles. The van der Waals surface area contributed by atoms with Gasteiger partial charge in [-0.3, -0.25) is 0 Å². The molecule has 0 fully saturated rings. The van der Waals surface area contributed by atoms with Crippen molar-refractivity contribution < 1.29 is 23.4 Å². The Balaban J connectivity index is 2.62. The first-order valence-corrected chi connectivity index (χ1v) is 6.69. The number of carbonyl (C=O) groups is 1. The molecule has 2 N–H and O–H groups in total. The minimum absolute atomic E-state index is 0.0720. The van der Waals surface area contributed by atoms with Crippen LogP contribution < -0.4 is 10.1 Å². The summed E-state index contributed by atoms with van der Waals surface area (Å²) in [5.74, 6) is 0.0720. The van der Waals surface area contributed by atoms with Gasteiger partial charge in [0.2, 0.25) is 0 Å². The molecule has 1 unspecified atom stereocenters. The zero-order valence-electron chi connectivity index (χ0n) is 12.1. The van der Waals surface area contributed by atoms with Crippen LogP contribution >= 0.6 is 0 Å². The average Bonchev–Trinajstić information content (AvgIpc) is 2.44. The number of carbonyl (C=O) groups excluding carboxylic acids is 1. The number of nitrogens with one attached hydrogen (secondary N) is 1. The zero-order valence-corrected chi connectivity index (χ0v) is 12.1. The highest BCUT2D eigenvalue weighted by Crippen LogP contribution is 2.19. The summed E-state index contributed by atoms with van der Waals surface area (Å²) < 4.78 is 28.4. The van der Waals surface area contributed by atoms with Crippen molar-refractivity contribution in [3.05, 3.63) is 29.8 Å². The fraction of sp³-hybridized carbons (Fsp3) is 0.500. The van der Waals surface area contributed by atoms with Crippen LogP contribution in [0.15, 0.2) is 24.3 Å². The Morgan fingerprint density at radius 3 is 2.48 bits per heavy atom. The van der Waals surface area contributed by atoms with Crippen LogP contribution in [0.4, 0.5) is 13.6 Å². The molecule has 7 heteroatoms. The Labute approximate surface area is 122 Å². The van der Waals surface area contributed by atoms with Gasteiger partial charge in [0.05, 0.1) is 12.6 Å². The van der Waals surface area contributed by atoms with Crippen LogP contribution in [-0.4, -0.2) is 42.3 Å². The van der Waals surface area contributed by atoms with Crippen LogP contribution in [0.2, 0.25) is 0 Å². The Hall–Kier alpha value is -1.89. The van der Waals surface area contributed by atoms with Gasteiger partial charge in [0.25, 0.3) is 0 Å². The van der Waals surface area contributed by atoms with E-state index in [-0.39, 0.29) is 31.0 Å². The standard InChI is InChI=1S/C14H20F2N2O3/c1-3-18(8-9-19)14(20)17-10(2)11-4-6-12(7-5-11)21-13(15)16/h4-7,10,13,19H,3,8-9H2,1-2H3,(H,17,20). The molecule has 0 heterocycles. The van der Waals surface area contributed by atoms with Gasteiger partial charge in [0.15, 0.2) is 0 Å². The fourth-order valence-corrected chi connectivity index (χ4v) is 1.82. The minimum atomic E-state index is -2.86. The maximum atomic E-state index is 12.0. The molecule has 0 aliphatic carbocycles. The lowest BCUT2D eigenvalue weighted by Gasteiger charge is -2.23. The Kier molecular flexibility index (Phi) is 6.87. The Morgan fingerprint density at radius 1 is 1.38 bits per heavy atom. The third-order valence-corrected chi connectivity index (χ3v) is 2.98. The van der Waals surface area contributed by atoms with Gasteiger partial charge in [-0.1, -0.05) is 12.1 Å². The third kappa shape index (κ3) is 5.55. The van der Waals surface area contributed by atoms with E-state index in [1.807, 2.05) is 6.92 Å². The maximum absolute atomic E-state index is 12.0. The second-order valence-electron chi connectivity index (χ2n) is 4.42. The van der Waals surface area contributed by atoms with E-state index in [9.17, 15) is 13.6 Å². The van der Waals surface area contributed by atoms with Crippen molar-refractivity contribution >= 4 is 6.03 Å². The number of nitrogens with zero attached hydrogens (tertiary/aromatic N) is 1. The number of amides is 2. The van der Waals surface area contributed by atoms with Crippen molar-refractivity contribution in [2.24, 2.45) is 0 Å². The second-order valence-corrected chi connectivity index (χ2v) is 4.42. The molecule has 118 valence electrons. The van der Waals surface area contributed by atoms with E-state index in [1.165, 1.54) is 17.0 Å². The number of benzene rings is 1. The topological polar surface area (TPSA) is 61.8 Å². The SMILES string of the molecule is CCN(CCO)C(=O)NC(C)c1ccc(OC(F)F)cc1. The molecular weight excluding hydrogens is 282 g/mol. The predicted molar refractivity (Wildman–Crippen MR) is 74.4 cm³/mol. The summed E-state index contributed by atoms with van der Waals surface area (Å²) in [5, 5.41) is 11.7. The van der Waals surface area contributed by atoms with Crippen LogP contribution in [0.25, 0.3) is 0 Å². The van der Waals surface area contributed by atoms with Crippen molar-refractivity contribution in [1.29, 1.82) is 0 Å². The predicted octanol–water partition coefficient (Wildman–Crippen LogP) is 2.37. The largest absolute Gasteiger partial charge is 0.435 e. The van der Waals surface area contributed by atoms with Crippen LogP contribution in [0.5, 0.6) is 5.75 Å². The fourth-order valence-electron chi connectivity index (χ4n) is 1.82. The summed E-state index contributed by atoms with van der Waals surface area (Å²) >= 11 is 0. The zero-order chi connectivity index (χ0) is 15.8. The number of alkyl halides is 2. The number of rotatable bonds is 7. The van der Waals surface area contributed by atoms with Crippen LogP contribution in [0.3, 0.4) is 0 Å². The molecule has 1 atom stereocenters. The molecule has 2 amide bonds. The van der Waals surface area contributed by atoms with E-state index in [2.05, 4.69) is 10.1 Å². The normalized spacial score (nSPS) is 12.1. The number of aliphatic hydroxyl groups excluding tert-OH is 1. The molecule has 0 radical (unpaired) electrons. The first-order valence-electron chi connectivity index (χ1n) is 6.69. The van der Waals surface area contributed by atoms with Gasteiger partial charge in [-0.25, -0.2) is 4.79 Å². The summed E-state index contributed by atoms with van der Waals surface area (Å²) in [4.78, 5) is 13.4.